The lowest BCUT2D eigenvalue weighted by Crippen LogP contribution is -2.53. The van der Waals surface area contributed by atoms with Gasteiger partial charge < -0.3 is 5.11 Å². The Labute approximate surface area is 270 Å². The van der Waals surface area contributed by atoms with E-state index in [4.69, 9.17) is 11.6 Å². The number of allylic oxidation sites excluding steroid dienone is 2. The number of anilines is 1. The fraction of sp³-hybridized carbons (Fsp3) is 0.333. The Morgan fingerprint density at radius 3 is 2.22 bits per heavy atom. The molecule has 0 bridgehead atoms. The predicted molar refractivity (Wildman–Crippen MR) is 169 cm³/mol. The minimum absolute atomic E-state index is 0.0569. The number of phenols is 1. The summed E-state index contributed by atoms with van der Waals surface area (Å²) in [4.78, 5) is 58.7. The highest BCUT2D eigenvalue weighted by Crippen LogP contribution is 2.65. The van der Waals surface area contributed by atoms with Crippen molar-refractivity contribution in [3.63, 3.8) is 0 Å². The van der Waals surface area contributed by atoms with Gasteiger partial charge in [0.15, 0.2) is 0 Å². The molecule has 4 amide bonds. The van der Waals surface area contributed by atoms with Crippen molar-refractivity contribution in [3.05, 3.63) is 106 Å². The molecule has 2 N–H and O–H groups in total. The highest BCUT2D eigenvalue weighted by Gasteiger charge is 2.70. The summed E-state index contributed by atoms with van der Waals surface area (Å²) in [7, 11) is 0. The molecule has 6 unspecified atom stereocenters. The second kappa shape index (κ2) is 10.5. The van der Waals surface area contributed by atoms with Gasteiger partial charge in [-0.25, -0.2) is 4.39 Å². The highest BCUT2D eigenvalue weighted by molar-refractivity contribution is 6.30. The maximum atomic E-state index is 15.0. The molecule has 0 radical (unpaired) electrons. The van der Waals surface area contributed by atoms with Crippen LogP contribution in [-0.2, 0) is 24.6 Å². The van der Waals surface area contributed by atoms with E-state index >= 15 is 4.79 Å². The van der Waals surface area contributed by atoms with E-state index in [2.05, 4.69) is 5.43 Å². The number of hydrogen-bond acceptors (Lipinski definition) is 6. The molecule has 0 spiro atoms. The third-order valence-electron chi connectivity index (χ3n) is 10.2. The number of fused-ring (bicyclic) bond motifs is 4. The van der Waals surface area contributed by atoms with Gasteiger partial charge >= 0.3 is 0 Å². The molecule has 4 aliphatic rings. The predicted octanol–water partition coefficient (Wildman–Crippen LogP) is 5.97. The van der Waals surface area contributed by atoms with Gasteiger partial charge in [0.05, 0.1) is 28.9 Å². The largest absolute Gasteiger partial charge is 0.508 e. The third kappa shape index (κ3) is 4.24. The van der Waals surface area contributed by atoms with Gasteiger partial charge in [-0.3, -0.25) is 29.5 Å². The van der Waals surface area contributed by atoms with Crippen LogP contribution < -0.4 is 5.43 Å². The summed E-state index contributed by atoms with van der Waals surface area (Å²) in [6.07, 6.45) is 2.36. The second-order valence-corrected chi connectivity index (χ2v) is 14.1. The summed E-state index contributed by atoms with van der Waals surface area (Å²) in [6, 6.07) is 18.8. The molecule has 2 aliphatic carbocycles. The molecule has 7 rings (SSSR count). The molecule has 2 heterocycles. The number of carbonyl (C=O) groups is 4. The highest BCUT2D eigenvalue weighted by atomic mass is 35.5. The van der Waals surface area contributed by atoms with E-state index in [1.165, 1.54) is 35.2 Å². The molecule has 46 heavy (non-hydrogen) atoms. The van der Waals surface area contributed by atoms with Crippen molar-refractivity contribution < 1.29 is 28.7 Å². The Kier molecular flexibility index (Phi) is 6.90. The molecule has 1 saturated carbocycles. The van der Waals surface area contributed by atoms with Crippen molar-refractivity contribution in [1.82, 2.24) is 9.91 Å². The van der Waals surface area contributed by atoms with E-state index in [9.17, 15) is 23.9 Å². The average Bonchev–Trinajstić information content (AvgIpc) is 3.40. The van der Waals surface area contributed by atoms with Crippen LogP contribution in [0.5, 0.6) is 5.75 Å². The molecule has 8 nitrogen and oxygen atoms in total. The van der Waals surface area contributed by atoms with E-state index in [-0.39, 0.29) is 24.0 Å². The number of hydrogen-bond donors (Lipinski definition) is 2. The number of halogens is 2. The minimum Gasteiger partial charge on any atom is -0.508 e. The zero-order chi connectivity index (χ0) is 32.7. The molecular weight excluding hydrogens is 609 g/mol. The molecule has 10 heteroatoms. The van der Waals surface area contributed by atoms with Crippen molar-refractivity contribution in [2.75, 3.05) is 5.43 Å². The number of nitrogens with one attached hydrogen (secondary N) is 1. The van der Waals surface area contributed by atoms with Gasteiger partial charge in [0, 0.05) is 22.0 Å². The van der Waals surface area contributed by atoms with Gasteiger partial charge in [-0.15, -0.1) is 0 Å². The van der Waals surface area contributed by atoms with Gasteiger partial charge in [0.1, 0.15) is 11.6 Å². The molecule has 3 aromatic rings. The second-order valence-electron chi connectivity index (χ2n) is 13.6. The maximum Gasteiger partial charge on any atom is 0.260 e. The van der Waals surface area contributed by atoms with E-state index in [1.807, 2.05) is 26.8 Å². The topological polar surface area (TPSA) is 107 Å². The number of nitrogens with zero attached hydrogens (tertiary/aromatic N) is 2. The first-order chi connectivity index (χ1) is 21.9. The van der Waals surface area contributed by atoms with Crippen LogP contribution in [0.4, 0.5) is 10.1 Å². The lowest BCUT2D eigenvalue weighted by molar-refractivity contribution is -0.146. The Hall–Kier alpha value is -4.50. The number of carbonyl (C=O) groups excluding carboxylic acids is 4. The number of imide groups is 2. The summed E-state index contributed by atoms with van der Waals surface area (Å²) in [5, 5.41) is 12.8. The smallest absolute Gasteiger partial charge is 0.260 e. The zero-order valence-corrected chi connectivity index (χ0v) is 26.3. The summed E-state index contributed by atoms with van der Waals surface area (Å²) >= 11 is 6.30. The first-order valence-corrected chi connectivity index (χ1v) is 15.8. The first-order valence-electron chi connectivity index (χ1n) is 15.4. The summed E-state index contributed by atoms with van der Waals surface area (Å²) in [6.45, 7) is 5.47. The van der Waals surface area contributed by atoms with Crippen LogP contribution in [0.1, 0.15) is 50.7 Å². The van der Waals surface area contributed by atoms with Crippen molar-refractivity contribution >= 4 is 40.9 Å². The van der Waals surface area contributed by atoms with Crippen molar-refractivity contribution in [2.45, 2.75) is 50.5 Å². The van der Waals surface area contributed by atoms with Crippen molar-refractivity contribution in [3.8, 4) is 5.75 Å². The van der Waals surface area contributed by atoms with E-state index in [1.54, 1.807) is 42.5 Å². The number of hydrazine groups is 1. The molecule has 0 aromatic heterocycles. The molecule has 6 atom stereocenters. The molecule has 3 fully saturated rings. The quantitative estimate of drug-likeness (QED) is 0.269. The van der Waals surface area contributed by atoms with Crippen LogP contribution in [0.25, 0.3) is 0 Å². The Morgan fingerprint density at radius 1 is 0.891 bits per heavy atom. The molecule has 236 valence electrons. The third-order valence-corrected chi connectivity index (χ3v) is 10.4. The van der Waals surface area contributed by atoms with Crippen LogP contribution in [0.15, 0.2) is 84.4 Å². The average molecular weight is 642 g/mol. The lowest BCUT2D eigenvalue weighted by Gasteiger charge is -2.50. The standard InChI is InChI=1S/C36H33ClFN3O5/c1-35(2,3)40-31(43)25-17-16-23-26(29(25)33(40)45)18-27-32(44)41(39-22-14-12-21(38)13-15-22)34(46)36(27,19-8-10-20(37)11-9-19)30(23)24-6-4-5-7-28(24)42/h4-16,25-27,29-30,39,42H,17-18H2,1-3H3. The number of rotatable bonds is 4. The minimum atomic E-state index is -1.54. The van der Waals surface area contributed by atoms with E-state index < -0.39 is 58.2 Å². The number of amides is 4. The summed E-state index contributed by atoms with van der Waals surface area (Å²) in [5.74, 6) is -5.80. The fourth-order valence-electron chi connectivity index (χ4n) is 8.39. The number of likely N-dealkylation sites (tertiary alicyclic amines) is 1. The monoisotopic (exact) mass is 641 g/mol. The number of aromatic hydroxyl groups is 1. The molecule has 2 saturated heterocycles. The lowest BCUT2D eigenvalue weighted by atomic mass is 9.49. The Bertz CT molecular complexity index is 1820. The van der Waals surface area contributed by atoms with Gasteiger partial charge in [-0.1, -0.05) is 53.6 Å². The van der Waals surface area contributed by atoms with Crippen LogP contribution in [-0.4, -0.2) is 44.2 Å². The van der Waals surface area contributed by atoms with Crippen LogP contribution in [0, 0.1) is 29.5 Å². The SMILES string of the molecule is CC(C)(C)N1C(=O)C2CC=C3C(CC4C(=O)N(Nc5ccc(F)cc5)C(=O)C4(c4ccc(Cl)cc4)C3c3ccccc3O)C2C1=O. The maximum absolute atomic E-state index is 15.0. The number of para-hydroxylation sites is 1. The summed E-state index contributed by atoms with van der Waals surface area (Å²) < 4.78 is 13.8. The van der Waals surface area contributed by atoms with Crippen molar-refractivity contribution in [2.24, 2.45) is 23.7 Å². The summed E-state index contributed by atoms with van der Waals surface area (Å²) in [5.41, 5.74) is 2.68. The van der Waals surface area contributed by atoms with Crippen LogP contribution in [0.2, 0.25) is 5.02 Å². The van der Waals surface area contributed by atoms with Crippen LogP contribution >= 0.6 is 11.6 Å². The van der Waals surface area contributed by atoms with Gasteiger partial charge in [0.25, 0.3) is 11.8 Å². The van der Waals surface area contributed by atoms with E-state index in [0.717, 1.165) is 10.6 Å². The zero-order valence-electron chi connectivity index (χ0n) is 25.5. The van der Waals surface area contributed by atoms with Crippen LogP contribution in [0.3, 0.4) is 0 Å². The Balaban J connectivity index is 1.46. The van der Waals surface area contributed by atoms with Crippen molar-refractivity contribution in [1.29, 1.82) is 0 Å². The Morgan fingerprint density at radius 2 is 1.57 bits per heavy atom. The normalized spacial score (nSPS) is 29.0. The fourth-order valence-corrected chi connectivity index (χ4v) is 8.52. The molecular formula is C36H33ClFN3O5. The van der Waals surface area contributed by atoms with Gasteiger partial charge in [0.2, 0.25) is 11.8 Å². The van der Waals surface area contributed by atoms with E-state index in [0.29, 0.717) is 28.3 Å². The molecule has 3 aromatic carbocycles. The first kappa shape index (κ1) is 30.2. The molecule has 2 aliphatic heterocycles. The number of benzene rings is 3. The van der Waals surface area contributed by atoms with Gasteiger partial charge in [-0.2, -0.15) is 5.01 Å². The number of phenolic OH excluding ortho intramolecular Hbond substituents is 1. The van der Waals surface area contributed by atoms with Gasteiger partial charge in [-0.05, 0) is 87.6 Å².